The van der Waals surface area contributed by atoms with Crippen molar-refractivity contribution in [3.63, 3.8) is 0 Å². The first-order valence-corrected chi connectivity index (χ1v) is 5.67. The first-order valence-electron chi connectivity index (χ1n) is 5.67. The third kappa shape index (κ3) is 1.88. The molecule has 0 fully saturated rings. The Kier molecular flexibility index (Phi) is 2.50. The summed E-state index contributed by atoms with van der Waals surface area (Å²) in [4.78, 5) is 31.3. The van der Waals surface area contributed by atoms with E-state index in [-0.39, 0.29) is 5.69 Å². The molecule has 0 aliphatic heterocycles. The van der Waals surface area contributed by atoms with Crippen LogP contribution in [0.15, 0.2) is 30.5 Å². The van der Waals surface area contributed by atoms with Gasteiger partial charge in [0.25, 0.3) is 5.69 Å². The Hall–Kier alpha value is -3.16. The fourth-order valence-electron chi connectivity index (χ4n) is 1.92. The molecule has 2 aromatic heterocycles. The van der Waals surface area contributed by atoms with Crippen LogP contribution in [0.3, 0.4) is 0 Å². The summed E-state index contributed by atoms with van der Waals surface area (Å²) < 4.78 is 0. The van der Waals surface area contributed by atoms with Crippen LogP contribution in [0.1, 0.15) is 10.4 Å². The van der Waals surface area contributed by atoms with Gasteiger partial charge in [-0.25, -0.2) is 4.98 Å². The maximum atomic E-state index is 11.1. The highest BCUT2D eigenvalue weighted by molar-refractivity contribution is 5.96. The van der Waals surface area contributed by atoms with Crippen molar-refractivity contribution in [2.24, 2.45) is 5.73 Å². The number of nitrogens with zero attached hydrogens (tertiary/aromatic N) is 2. The van der Waals surface area contributed by atoms with Gasteiger partial charge in [-0.2, -0.15) is 0 Å². The van der Waals surface area contributed by atoms with E-state index in [1.807, 2.05) is 0 Å². The molecule has 0 atom stereocenters. The minimum absolute atomic E-state index is 0.0433. The lowest BCUT2D eigenvalue weighted by atomic mass is 10.2. The number of nitrogens with one attached hydrogen (secondary N) is 2. The number of rotatable bonds is 3. The number of fused-ring (bicyclic) bond motifs is 1. The summed E-state index contributed by atoms with van der Waals surface area (Å²) in [6, 6.07) is 6.21. The molecule has 1 aromatic carbocycles. The van der Waals surface area contributed by atoms with Crippen LogP contribution >= 0.6 is 0 Å². The molecule has 4 N–H and O–H groups in total. The van der Waals surface area contributed by atoms with Crippen molar-refractivity contribution in [1.82, 2.24) is 15.0 Å². The SMILES string of the molecule is NC(=O)c1ccc2nc(-c3cc([N+](=O)[O-])c[nH]3)[nH]c2c1. The number of H-pyrrole nitrogens is 2. The van der Waals surface area contributed by atoms with Gasteiger partial charge in [0, 0.05) is 11.6 Å². The van der Waals surface area contributed by atoms with E-state index in [1.54, 1.807) is 18.2 Å². The lowest BCUT2D eigenvalue weighted by Crippen LogP contribution is -2.10. The maximum Gasteiger partial charge on any atom is 0.287 e. The van der Waals surface area contributed by atoms with Gasteiger partial charge < -0.3 is 15.7 Å². The molecule has 0 radical (unpaired) electrons. The fourth-order valence-corrected chi connectivity index (χ4v) is 1.92. The highest BCUT2D eigenvalue weighted by Crippen LogP contribution is 2.23. The van der Waals surface area contributed by atoms with E-state index in [9.17, 15) is 14.9 Å². The largest absolute Gasteiger partial charge is 0.366 e. The molecule has 0 spiro atoms. The normalized spacial score (nSPS) is 10.8. The molecule has 8 nitrogen and oxygen atoms in total. The van der Waals surface area contributed by atoms with Gasteiger partial charge in [0.15, 0.2) is 5.82 Å². The highest BCUT2D eigenvalue weighted by atomic mass is 16.6. The van der Waals surface area contributed by atoms with Crippen molar-refractivity contribution in [1.29, 1.82) is 0 Å². The molecule has 0 unspecified atom stereocenters. The summed E-state index contributed by atoms with van der Waals surface area (Å²) in [6.07, 6.45) is 1.29. The zero-order valence-corrected chi connectivity index (χ0v) is 10.1. The molecule has 0 aliphatic carbocycles. The number of primary amides is 1. The monoisotopic (exact) mass is 271 g/mol. The van der Waals surface area contributed by atoms with Gasteiger partial charge in [0.05, 0.1) is 27.8 Å². The van der Waals surface area contributed by atoms with Gasteiger partial charge in [-0.05, 0) is 18.2 Å². The Morgan fingerprint density at radius 1 is 1.35 bits per heavy atom. The summed E-state index contributed by atoms with van der Waals surface area (Å²) in [5.74, 6) is -0.0757. The van der Waals surface area contributed by atoms with Crippen LogP contribution in [0.25, 0.3) is 22.6 Å². The zero-order valence-electron chi connectivity index (χ0n) is 10.1. The quantitative estimate of drug-likeness (QED) is 0.492. The van der Waals surface area contributed by atoms with E-state index in [1.165, 1.54) is 12.3 Å². The smallest absolute Gasteiger partial charge is 0.287 e. The predicted molar refractivity (Wildman–Crippen MR) is 71.1 cm³/mol. The van der Waals surface area contributed by atoms with E-state index in [0.29, 0.717) is 28.1 Å². The predicted octanol–water partition coefficient (Wildman–Crippen LogP) is 1.57. The number of aromatic amines is 2. The number of benzene rings is 1. The van der Waals surface area contributed by atoms with E-state index < -0.39 is 10.8 Å². The van der Waals surface area contributed by atoms with Crippen LogP contribution in [-0.2, 0) is 0 Å². The first kappa shape index (κ1) is 11.9. The van der Waals surface area contributed by atoms with Gasteiger partial charge in [-0.3, -0.25) is 14.9 Å². The Bertz CT molecular complexity index is 833. The summed E-state index contributed by atoms with van der Waals surface area (Å²) in [7, 11) is 0. The van der Waals surface area contributed by atoms with Crippen molar-refractivity contribution in [2.75, 3.05) is 0 Å². The van der Waals surface area contributed by atoms with Gasteiger partial charge in [0.2, 0.25) is 5.91 Å². The van der Waals surface area contributed by atoms with E-state index in [4.69, 9.17) is 5.73 Å². The first-order chi connectivity index (χ1) is 9.54. The molecule has 1 amide bonds. The average Bonchev–Trinajstić information content (AvgIpc) is 3.04. The lowest BCUT2D eigenvalue weighted by Gasteiger charge is -1.93. The molecule has 8 heteroatoms. The summed E-state index contributed by atoms with van der Waals surface area (Å²) in [5.41, 5.74) is 7.30. The van der Waals surface area contributed by atoms with E-state index in [0.717, 1.165) is 0 Å². The van der Waals surface area contributed by atoms with Crippen LogP contribution < -0.4 is 5.73 Å². The summed E-state index contributed by atoms with van der Waals surface area (Å²) >= 11 is 0. The van der Waals surface area contributed by atoms with Crippen molar-refractivity contribution < 1.29 is 9.72 Å². The molecule has 0 saturated heterocycles. The Balaban J connectivity index is 2.07. The molecule has 2 heterocycles. The van der Waals surface area contributed by atoms with Crippen molar-refractivity contribution in [3.8, 4) is 11.5 Å². The number of hydrogen-bond donors (Lipinski definition) is 3. The maximum absolute atomic E-state index is 11.1. The molecule has 20 heavy (non-hydrogen) atoms. The fraction of sp³-hybridized carbons (Fsp3) is 0. The molecule has 0 aliphatic rings. The second kappa shape index (κ2) is 4.19. The minimum atomic E-state index is -0.529. The molecule has 0 bridgehead atoms. The van der Waals surface area contributed by atoms with Crippen molar-refractivity contribution >= 4 is 22.6 Å². The Labute approximate surface area is 111 Å². The Morgan fingerprint density at radius 3 is 2.80 bits per heavy atom. The van der Waals surface area contributed by atoms with E-state index >= 15 is 0 Å². The van der Waals surface area contributed by atoms with Crippen molar-refractivity contribution in [2.45, 2.75) is 0 Å². The van der Waals surface area contributed by atoms with Crippen LogP contribution in [0.5, 0.6) is 0 Å². The van der Waals surface area contributed by atoms with Crippen LogP contribution in [-0.4, -0.2) is 25.8 Å². The summed E-state index contributed by atoms with van der Waals surface area (Å²) in [6.45, 7) is 0. The lowest BCUT2D eigenvalue weighted by molar-refractivity contribution is -0.384. The number of carbonyl (C=O) groups is 1. The summed E-state index contributed by atoms with van der Waals surface area (Å²) in [5, 5.41) is 10.6. The van der Waals surface area contributed by atoms with Crippen LogP contribution in [0.2, 0.25) is 0 Å². The molecule has 3 aromatic rings. The number of aromatic nitrogens is 3. The number of hydrogen-bond acceptors (Lipinski definition) is 4. The molecule has 0 saturated carbocycles. The number of nitro groups is 1. The van der Waals surface area contributed by atoms with Gasteiger partial charge in [0.1, 0.15) is 0 Å². The number of carbonyl (C=O) groups excluding carboxylic acids is 1. The standard InChI is InChI=1S/C12H9N5O3/c13-11(18)6-1-2-8-9(3-6)16-12(15-8)10-4-7(5-14-10)17(19)20/h1-5,14H,(H2,13,18)(H,15,16). The Morgan fingerprint density at radius 2 is 2.15 bits per heavy atom. The van der Waals surface area contributed by atoms with Crippen molar-refractivity contribution in [3.05, 3.63) is 46.1 Å². The topological polar surface area (TPSA) is 131 Å². The number of imidazole rings is 1. The highest BCUT2D eigenvalue weighted by Gasteiger charge is 2.13. The van der Waals surface area contributed by atoms with Crippen LogP contribution in [0, 0.1) is 10.1 Å². The second-order valence-corrected chi connectivity index (χ2v) is 4.21. The van der Waals surface area contributed by atoms with Gasteiger partial charge in [-0.15, -0.1) is 0 Å². The average molecular weight is 271 g/mol. The molecule has 3 rings (SSSR count). The van der Waals surface area contributed by atoms with Gasteiger partial charge >= 0.3 is 0 Å². The zero-order chi connectivity index (χ0) is 14.3. The van der Waals surface area contributed by atoms with Crippen LogP contribution in [0.4, 0.5) is 5.69 Å². The third-order valence-corrected chi connectivity index (χ3v) is 2.90. The molecular weight excluding hydrogens is 262 g/mol. The van der Waals surface area contributed by atoms with E-state index in [2.05, 4.69) is 15.0 Å². The third-order valence-electron chi connectivity index (χ3n) is 2.90. The minimum Gasteiger partial charge on any atom is -0.366 e. The van der Waals surface area contributed by atoms with Gasteiger partial charge in [-0.1, -0.05) is 0 Å². The number of amides is 1. The molecular formula is C12H9N5O3. The molecule has 100 valence electrons. The number of nitrogens with two attached hydrogens (primary N) is 1. The second-order valence-electron chi connectivity index (χ2n) is 4.21.